The van der Waals surface area contributed by atoms with Gasteiger partial charge in [0.1, 0.15) is 6.54 Å². The highest BCUT2D eigenvalue weighted by atomic mass is 127. The van der Waals surface area contributed by atoms with E-state index in [0.29, 0.717) is 5.56 Å². The van der Waals surface area contributed by atoms with Gasteiger partial charge < -0.3 is 24.0 Å². The average Bonchev–Trinajstić information content (AvgIpc) is 2.17. The maximum atomic E-state index is 11.0. The Morgan fingerprint density at radius 2 is 2.08 bits per heavy atom. The van der Waals surface area contributed by atoms with Crippen LogP contribution in [0.25, 0.3) is 0 Å². The zero-order chi connectivity index (χ0) is 8.97. The molecule has 3 N–H and O–H groups in total. The van der Waals surface area contributed by atoms with Crippen molar-refractivity contribution in [2.75, 3.05) is 0 Å². The quantitative estimate of drug-likeness (QED) is 0.196. The number of hydrogen-bond acceptors (Lipinski definition) is 2. The van der Waals surface area contributed by atoms with Gasteiger partial charge in [-0.1, -0.05) is 0 Å². The molecule has 1 heterocycles. The van der Waals surface area contributed by atoms with E-state index in [0.717, 1.165) is 6.54 Å². The Kier molecular flexibility index (Phi) is 5.56. The molecule has 1 aromatic rings. The van der Waals surface area contributed by atoms with E-state index in [1.807, 2.05) is 23.9 Å². The van der Waals surface area contributed by atoms with E-state index >= 15 is 0 Å². The maximum Gasteiger partial charge on any atom is 0.265 e. The topological polar surface area (TPSA) is 59.0 Å². The van der Waals surface area contributed by atoms with Crippen LogP contribution in [0, 0.1) is 0 Å². The Labute approximate surface area is 94.1 Å². The normalized spacial score (nSPS) is 8.77. The second-order valence-electron chi connectivity index (χ2n) is 2.39. The molecular formula is C8H12IN3O. The molecule has 1 aromatic heterocycles. The number of nitrogen functional groups attached to an aromatic ring is 1. The summed E-state index contributed by atoms with van der Waals surface area (Å²) in [5.41, 5.74) is 2.64. The zero-order valence-corrected chi connectivity index (χ0v) is 9.48. The Morgan fingerprint density at radius 3 is 2.46 bits per heavy atom. The molecule has 0 radical (unpaired) electrons. The summed E-state index contributed by atoms with van der Waals surface area (Å²) in [5.74, 6) is 4.70. The molecule has 0 atom stereocenters. The third-order valence-corrected chi connectivity index (χ3v) is 1.65. The van der Waals surface area contributed by atoms with E-state index in [-0.39, 0.29) is 29.9 Å². The molecule has 13 heavy (non-hydrogen) atoms. The number of carbonyl (C=O) groups is 1. The molecule has 0 aromatic carbocycles. The Bertz CT molecular complexity index is 273. The Balaban J connectivity index is 0.00000144. The molecule has 1 amide bonds. The molecule has 0 saturated carbocycles. The first kappa shape index (κ1) is 12.3. The lowest BCUT2D eigenvalue weighted by Gasteiger charge is -1.96. The number of carbonyl (C=O) groups excluding carboxylic acids is 1. The minimum absolute atomic E-state index is 0. The van der Waals surface area contributed by atoms with Crippen LogP contribution in [0.2, 0.25) is 0 Å². The van der Waals surface area contributed by atoms with Gasteiger partial charge in [-0.3, -0.25) is 10.2 Å². The van der Waals surface area contributed by atoms with Crippen molar-refractivity contribution in [3.63, 3.8) is 0 Å². The molecule has 72 valence electrons. The van der Waals surface area contributed by atoms with Crippen molar-refractivity contribution in [2.24, 2.45) is 5.84 Å². The molecule has 0 aliphatic heterocycles. The van der Waals surface area contributed by atoms with Crippen LogP contribution in [-0.2, 0) is 6.54 Å². The number of nitrogens with zero attached hydrogens (tertiary/aromatic N) is 1. The second kappa shape index (κ2) is 5.87. The van der Waals surface area contributed by atoms with Crippen LogP contribution in [0.5, 0.6) is 0 Å². The lowest BCUT2D eigenvalue weighted by atomic mass is 10.2. The van der Waals surface area contributed by atoms with Crippen LogP contribution in [-0.4, -0.2) is 5.91 Å². The summed E-state index contributed by atoms with van der Waals surface area (Å²) in [6, 6.07) is 3.46. The van der Waals surface area contributed by atoms with Gasteiger partial charge in [-0.05, 0) is 6.92 Å². The lowest BCUT2D eigenvalue weighted by molar-refractivity contribution is -0.693. The molecule has 5 heteroatoms. The minimum atomic E-state index is -0.266. The average molecular weight is 293 g/mol. The van der Waals surface area contributed by atoms with Gasteiger partial charge in [0.2, 0.25) is 0 Å². The molecule has 0 bridgehead atoms. The zero-order valence-electron chi connectivity index (χ0n) is 7.33. The first-order valence-corrected chi connectivity index (χ1v) is 3.78. The van der Waals surface area contributed by atoms with Crippen molar-refractivity contribution in [3.8, 4) is 0 Å². The SMILES string of the molecule is CC[n+]1ccc(C(=O)NN)cc1.[I-]. The molecule has 0 fully saturated rings. The van der Waals surface area contributed by atoms with Gasteiger partial charge in [-0.25, -0.2) is 10.4 Å². The van der Waals surface area contributed by atoms with Crippen molar-refractivity contribution in [1.82, 2.24) is 5.43 Å². The van der Waals surface area contributed by atoms with Gasteiger partial charge in [-0.2, -0.15) is 0 Å². The van der Waals surface area contributed by atoms with Crippen molar-refractivity contribution in [3.05, 3.63) is 30.1 Å². The van der Waals surface area contributed by atoms with E-state index in [1.165, 1.54) is 0 Å². The number of amides is 1. The Morgan fingerprint density at radius 1 is 1.54 bits per heavy atom. The van der Waals surface area contributed by atoms with E-state index in [9.17, 15) is 4.79 Å². The van der Waals surface area contributed by atoms with Crippen LogP contribution < -0.4 is 39.8 Å². The van der Waals surface area contributed by atoms with E-state index in [1.54, 1.807) is 12.1 Å². The van der Waals surface area contributed by atoms with E-state index in [2.05, 4.69) is 5.43 Å². The van der Waals surface area contributed by atoms with Crippen LogP contribution in [0.15, 0.2) is 24.5 Å². The van der Waals surface area contributed by atoms with Gasteiger partial charge in [0.05, 0.1) is 5.56 Å². The number of aromatic nitrogens is 1. The molecule has 0 unspecified atom stereocenters. The smallest absolute Gasteiger partial charge is 0.265 e. The second-order valence-corrected chi connectivity index (χ2v) is 2.39. The van der Waals surface area contributed by atoms with E-state index in [4.69, 9.17) is 5.84 Å². The summed E-state index contributed by atoms with van der Waals surface area (Å²) in [6.45, 7) is 2.92. The maximum absolute atomic E-state index is 11.0. The first-order chi connectivity index (χ1) is 5.77. The molecule has 1 rings (SSSR count). The fraction of sp³-hybridized carbons (Fsp3) is 0.250. The number of pyridine rings is 1. The van der Waals surface area contributed by atoms with Crippen LogP contribution in [0.4, 0.5) is 0 Å². The standard InChI is InChI=1S/C8H11N3O.HI/c1-2-11-5-3-7(4-6-11)8(12)10-9;/h3-6,9,12H,2H2,1H3;1H. The van der Waals surface area contributed by atoms with Crippen LogP contribution in [0.1, 0.15) is 17.3 Å². The van der Waals surface area contributed by atoms with Crippen LogP contribution >= 0.6 is 0 Å². The fourth-order valence-electron chi connectivity index (χ4n) is 0.903. The predicted octanol–water partition coefficient (Wildman–Crippen LogP) is -3.40. The molecule has 4 nitrogen and oxygen atoms in total. The fourth-order valence-corrected chi connectivity index (χ4v) is 0.903. The van der Waals surface area contributed by atoms with Crippen molar-refractivity contribution < 1.29 is 33.3 Å². The summed E-state index contributed by atoms with van der Waals surface area (Å²) in [5, 5.41) is 0. The third kappa shape index (κ3) is 3.27. The number of nitrogens with one attached hydrogen (secondary N) is 1. The summed E-state index contributed by atoms with van der Waals surface area (Å²) < 4.78 is 1.97. The molecule has 0 spiro atoms. The van der Waals surface area contributed by atoms with Crippen molar-refractivity contribution >= 4 is 5.91 Å². The predicted molar refractivity (Wildman–Crippen MR) is 44.0 cm³/mol. The molecule has 0 aliphatic carbocycles. The monoisotopic (exact) mass is 293 g/mol. The Hall–Kier alpha value is -0.690. The molecular weight excluding hydrogens is 281 g/mol. The largest absolute Gasteiger partial charge is 1.00 e. The van der Waals surface area contributed by atoms with Gasteiger partial charge in [-0.15, -0.1) is 0 Å². The van der Waals surface area contributed by atoms with Gasteiger partial charge in [0.25, 0.3) is 5.91 Å². The number of rotatable bonds is 2. The summed E-state index contributed by atoms with van der Waals surface area (Å²) in [4.78, 5) is 11.0. The van der Waals surface area contributed by atoms with Gasteiger partial charge >= 0.3 is 0 Å². The number of hydrogen-bond donors (Lipinski definition) is 2. The highest BCUT2D eigenvalue weighted by Crippen LogP contribution is 1.93. The number of halogens is 1. The summed E-state index contributed by atoms with van der Waals surface area (Å²) in [6.07, 6.45) is 3.68. The highest BCUT2D eigenvalue weighted by molar-refractivity contribution is 5.93. The number of hydrazine groups is 1. The number of aryl methyl sites for hydroxylation is 1. The third-order valence-electron chi connectivity index (χ3n) is 1.65. The molecule has 0 aliphatic rings. The lowest BCUT2D eigenvalue weighted by Crippen LogP contribution is -3.00. The van der Waals surface area contributed by atoms with Crippen molar-refractivity contribution in [2.45, 2.75) is 13.5 Å². The van der Waals surface area contributed by atoms with Crippen molar-refractivity contribution in [1.29, 1.82) is 0 Å². The van der Waals surface area contributed by atoms with Crippen LogP contribution in [0.3, 0.4) is 0 Å². The summed E-state index contributed by atoms with van der Waals surface area (Å²) >= 11 is 0. The first-order valence-electron chi connectivity index (χ1n) is 3.78. The van der Waals surface area contributed by atoms with E-state index < -0.39 is 0 Å². The summed E-state index contributed by atoms with van der Waals surface area (Å²) in [7, 11) is 0. The number of nitrogens with two attached hydrogens (primary N) is 1. The van der Waals surface area contributed by atoms with Gasteiger partial charge in [0.15, 0.2) is 12.4 Å². The van der Waals surface area contributed by atoms with Gasteiger partial charge in [0, 0.05) is 12.1 Å². The highest BCUT2D eigenvalue weighted by Gasteiger charge is 2.04. The molecule has 0 saturated heterocycles. The minimum Gasteiger partial charge on any atom is -1.00 e.